The molecule has 2 heterocycles. The molecule has 2 aliphatic rings. The number of allylic oxidation sites excluding steroid dienone is 6. The summed E-state index contributed by atoms with van der Waals surface area (Å²) < 4.78 is 241. The van der Waals surface area contributed by atoms with Crippen LogP contribution in [0, 0.1) is 0 Å². The Morgan fingerprint density at radius 1 is 0.615 bits per heavy atom. The van der Waals surface area contributed by atoms with Gasteiger partial charge in [0, 0.05) is 58.7 Å². The Morgan fingerprint density at radius 3 is 1.82 bits per heavy atom. The molecule has 1 aliphatic heterocycles. The molecule has 1 aromatic heterocycles. The molecule has 348 valence electrons. The number of nitrogens with zero attached hydrogens (tertiary/aromatic N) is 2. The van der Waals surface area contributed by atoms with E-state index >= 15 is 0 Å². The summed E-state index contributed by atoms with van der Waals surface area (Å²) >= 11 is 6.87. The van der Waals surface area contributed by atoms with Gasteiger partial charge in [-0.3, -0.25) is 0 Å². The van der Waals surface area contributed by atoms with Crippen LogP contribution in [-0.2, 0) is 6.54 Å². The van der Waals surface area contributed by atoms with Crippen molar-refractivity contribution in [3.8, 4) is 0 Å². The summed E-state index contributed by atoms with van der Waals surface area (Å²) in [6.07, 6.45) is -4.30. The van der Waals surface area contributed by atoms with Crippen molar-refractivity contribution in [2.24, 2.45) is 0 Å². The van der Waals surface area contributed by atoms with Crippen LogP contribution in [0.3, 0.4) is 0 Å². The molecular formula is C45H33ClF17N2+. The van der Waals surface area contributed by atoms with Crippen LogP contribution in [0.15, 0.2) is 107 Å². The van der Waals surface area contributed by atoms with Crippen LogP contribution in [0.2, 0.25) is 0 Å². The van der Waals surface area contributed by atoms with Gasteiger partial charge >= 0.3 is 47.6 Å². The van der Waals surface area contributed by atoms with Crippen molar-refractivity contribution in [1.29, 1.82) is 0 Å². The topological polar surface area (TPSA) is 7.94 Å². The molecule has 20 heteroatoms. The first-order chi connectivity index (χ1) is 30.0. The number of hydrogen-bond donors (Lipinski definition) is 0. The largest absolute Gasteiger partial charge is 0.460 e. The summed E-state index contributed by atoms with van der Waals surface area (Å²) in [7, 11) is 0. The highest BCUT2D eigenvalue weighted by molar-refractivity contribution is 6.32. The van der Waals surface area contributed by atoms with Gasteiger partial charge in [-0.05, 0) is 59.4 Å². The summed E-state index contributed by atoms with van der Waals surface area (Å²) in [4.78, 5) is 0. The number of halogens is 18. The van der Waals surface area contributed by atoms with Crippen molar-refractivity contribution >= 4 is 61.5 Å². The average molecular weight is 960 g/mol. The molecule has 0 atom stereocenters. The van der Waals surface area contributed by atoms with Gasteiger partial charge in [0.15, 0.2) is 6.54 Å². The molecule has 7 rings (SSSR count). The van der Waals surface area contributed by atoms with Crippen molar-refractivity contribution in [2.75, 3.05) is 6.54 Å². The first kappa shape index (κ1) is 47.9. The Hall–Kier alpha value is -5.07. The van der Waals surface area contributed by atoms with E-state index in [2.05, 4.69) is 0 Å². The monoisotopic (exact) mass is 959 g/mol. The maximum absolute atomic E-state index is 15.0. The van der Waals surface area contributed by atoms with E-state index in [0.717, 1.165) is 9.14 Å². The van der Waals surface area contributed by atoms with Crippen molar-refractivity contribution < 1.29 is 79.2 Å². The van der Waals surface area contributed by atoms with Gasteiger partial charge in [-0.15, -0.1) is 0 Å². The van der Waals surface area contributed by atoms with Crippen LogP contribution in [0.4, 0.5) is 80.3 Å². The van der Waals surface area contributed by atoms with E-state index in [1.165, 1.54) is 48.6 Å². The Morgan fingerprint density at radius 2 is 1.18 bits per heavy atom. The van der Waals surface area contributed by atoms with Gasteiger partial charge < -0.3 is 4.57 Å². The lowest BCUT2D eigenvalue weighted by molar-refractivity contribution is -0.452. The van der Waals surface area contributed by atoms with Crippen molar-refractivity contribution in [3.63, 3.8) is 0 Å². The van der Waals surface area contributed by atoms with E-state index in [9.17, 15) is 74.6 Å². The number of benzene rings is 4. The Balaban J connectivity index is 1.26. The highest BCUT2D eigenvalue weighted by Crippen LogP contribution is 2.55. The Bertz CT molecular complexity index is 2850. The molecule has 0 saturated heterocycles. The summed E-state index contributed by atoms with van der Waals surface area (Å²) in [5.74, 6) is -43.7. The first-order valence-corrected chi connectivity index (χ1v) is 20.0. The lowest BCUT2D eigenvalue weighted by Gasteiger charge is -2.35. The van der Waals surface area contributed by atoms with Gasteiger partial charge in [-0.2, -0.15) is 79.2 Å². The summed E-state index contributed by atoms with van der Waals surface area (Å²) in [6.45, 7) is -2.76. The van der Waals surface area contributed by atoms with Crippen LogP contribution >= 0.6 is 11.6 Å². The third-order valence-electron chi connectivity index (χ3n) is 11.7. The molecular weight excluding hydrogens is 927 g/mol. The normalized spacial score (nSPS) is 17.5. The average Bonchev–Trinajstić information content (AvgIpc) is 3.70. The smallest absolute Gasteiger partial charge is 0.340 e. The molecule has 0 amide bonds. The molecule has 5 aromatic rings. The minimum absolute atomic E-state index is 0.0870. The second-order valence-corrected chi connectivity index (χ2v) is 16.3. The molecule has 0 N–H and O–H groups in total. The van der Waals surface area contributed by atoms with Crippen LogP contribution in [-0.4, -0.2) is 69.0 Å². The lowest BCUT2D eigenvalue weighted by atomic mass is 9.93. The molecule has 0 radical (unpaired) electrons. The maximum Gasteiger partial charge on any atom is 0.460 e. The molecule has 65 heavy (non-hydrogen) atoms. The third kappa shape index (κ3) is 7.76. The van der Waals surface area contributed by atoms with Crippen LogP contribution in [0.25, 0.3) is 38.5 Å². The third-order valence-corrected chi connectivity index (χ3v) is 12.2. The fourth-order valence-corrected chi connectivity index (χ4v) is 8.52. The molecule has 2 nitrogen and oxygen atoms in total. The zero-order valence-corrected chi connectivity index (χ0v) is 34.1. The molecule has 1 aliphatic carbocycles. The Labute approximate surface area is 362 Å². The minimum atomic E-state index is -7.06. The molecule has 0 spiro atoms. The van der Waals surface area contributed by atoms with E-state index in [-0.39, 0.29) is 27.3 Å². The van der Waals surface area contributed by atoms with Crippen LogP contribution in [0.5, 0.6) is 0 Å². The number of alkyl halides is 17. The predicted octanol–water partition coefficient (Wildman–Crippen LogP) is 14.6. The fourth-order valence-electron chi connectivity index (χ4n) is 8.21. The van der Waals surface area contributed by atoms with Gasteiger partial charge in [0.2, 0.25) is 11.4 Å². The second-order valence-electron chi connectivity index (χ2n) is 15.9. The van der Waals surface area contributed by atoms with Gasteiger partial charge in [-0.25, -0.2) is 0 Å². The highest BCUT2D eigenvalue weighted by Gasteiger charge is 2.82. The minimum Gasteiger partial charge on any atom is -0.340 e. The van der Waals surface area contributed by atoms with Gasteiger partial charge in [0.25, 0.3) is 0 Å². The standard InChI is InChI=1S/C45H33ClF17N2/c1-38(47,48)41(53,54)42(55,56)39(49,50)21-23-64-31(29-13-3-7-25-9-5-15-33(64)35(25)29)19-17-27-11-2-12-28(37(27)46)18-20-32-30-14-4-8-26-10-6-16-34(36(26)30)65(32)24-22-40(51,52)43(57,58)44(59,60)45(61,62)63/h3-10,13-20H,2,11-12,21-24H2,1H3/q+1. The van der Waals surface area contributed by atoms with Crippen molar-refractivity contribution in [3.05, 3.63) is 118 Å². The summed E-state index contributed by atoms with van der Waals surface area (Å²) in [5.41, 5.74) is 1.72. The summed E-state index contributed by atoms with van der Waals surface area (Å²) in [5, 5.41) is 2.76. The number of rotatable bonds is 14. The van der Waals surface area contributed by atoms with E-state index in [0.29, 0.717) is 62.9 Å². The van der Waals surface area contributed by atoms with E-state index in [1.54, 1.807) is 48.5 Å². The Kier molecular flexibility index (Phi) is 11.8. The second kappa shape index (κ2) is 16.1. The molecule has 4 aromatic carbocycles. The quantitative estimate of drug-likeness (QED) is 0.0774. The summed E-state index contributed by atoms with van der Waals surface area (Å²) in [6, 6.07) is 18.9. The number of aromatic nitrogens is 1. The van der Waals surface area contributed by atoms with Gasteiger partial charge in [0.1, 0.15) is 0 Å². The predicted molar refractivity (Wildman–Crippen MR) is 212 cm³/mol. The molecule has 0 bridgehead atoms. The number of hydrogen-bond acceptors (Lipinski definition) is 0. The van der Waals surface area contributed by atoms with Crippen molar-refractivity contribution in [2.45, 2.75) is 93.2 Å². The molecule has 0 saturated carbocycles. The maximum atomic E-state index is 15.0. The van der Waals surface area contributed by atoms with E-state index < -0.39 is 80.5 Å². The first-order valence-electron chi connectivity index (χ1n) is 19.6. The zero-order valence-electron chi connectivity index (χ0n) is 33.4. The van der Waals surface area contributed by atoms with Gasteiger partial charge in [-0.1, -0.05) is 78.4 Å². The van der Waals surface area contributed by atoms with Crippen molar-refractivity contribution in [1.82, 2.24) is 4.57 Å². The SMILES string of the molecule is CC(F)(F)C(F)(F)C(F)(F)C(F)(F)CCn1/c(=C/C=C2\CCCC(/C=C/C3=[N+](CCC(F)(F)C(F)(F)C(F)(F)C(F)(F)F)c4cccc5cccc3c45)=C2Cl)c2cccc3cccc1c32. The van der Waals surface area contributed by atoms with Crippen LogP contribution < -0.4 is 5.35 Å². The number of aryl methyl sites for hydroxylation is 1. The highest BCUT2D eigenvalue weighted by atomic mass is 35.5. The van der Waals surface area contributed by atoms with E-state index in [4.69, 9.17) is 11.6 Å². The van der Waals surface area contributed by atoms with E-state index in [1.807, 2.05) is 0 Å². The molecule has 0 fully saturated rings. The van der Waals surface area contributed by atoms with Gasteiger partial charge in [0.05, 0.1) is 17.4 Å². The fraction of sp³-hybridized carbons (Fsp3) is 0.356. The van der Waals surface area contributed by atoms with Crippen LogP contribution in [0.1, 0.15) is 44.6 Å². The zero-order chi connectivity index (χ0) is 47.9. The lowest BCUT2D eigenvalue weighted by Crippen LogP contribution is -2.61. The molecule has 0 unspecified atom stereocenters.